The summed E-state index contributed by atoms with van der Waals surface area (Å²) in [5, 5.41) is 22.1. The van der Waals surface area contributed by atoms with Gasteiger partial charge in [-0.2, -0.15) is 5.10 Å². The minimum atomic E-state index is -0.472. The van der Waals surface area contributed by atoms with E-state index in [1.165, 1.54) is 18.3 Å². The molecule has 0 atom stereocenters. The maximum Gasteiger partial charge on any atom is 0.269 e. The zero-order valence-corrected chi connectivity index (χ0v) is 17.9. The second-order valence-electron chi connectivity index (χ2n) is 7.31. The summed E-state index contributed by atoms with van der Waals surface area (Å²) >= 11 is 0. The monoisotopic (exact) mass is 472 g/mol. The Hall–Kier alpha value is -5.33. The zero-order valence-electron chi connectivity index (χ0n) is 17.9. The van der Waals surface area contributed by atoms with E-state index in [9.17, 15) is 14.9 Å². The van der Waals surface area contributed by atoms with Crippen molar-refractivity contribution in [1.82, 2.24) is 25.3 Å². The molecule has 35 heavy (non-hydrogen) atoms. The molecule has 0 unspecified atom stereocenters. The number of hydrazone groups is 1. The van der Waals surface area contributed by atoms with Crippen molar-refractivity contribution in [1.29, 1.82) is 0 Å². The highest BCUT2D eigenvalue weighted by Gasteiger charge is 2.20. The third-order valence-electron chi connectivity index (χ3n) is 5.05. The number of carbonyl (C=O) groups excluding carboxylic acids is 1. The summed E-state index contributed by atoms with van der Waals surface area (Å²) in [6, 6.07) is 16.6. The topological polar surface area (TPSA) is 180 Å². The SMILES string of the molecule is Nc1nonc1-c1nc2ccccc2n1CC(=O)N/N=C/c1ccc(-c2ccc([N+](=O)[O-])cc2)o1. The van der Waals surface area contributed by atoms with Gasteiger partial charge in [-0.1, -0.05) is 12.1 Å². The van der Waals surface area contributed by atoms with Crippen molar-refractivity contribution in [3.63, 3.8) is 0 Å². The Labute approximate surface area is 196 Å². The van der Waals surface area contributed by atoms with Crippen LogP contribution in [0, 0.1) is 10.1 Å². The highest BCUT2D eigenvalue weighted by Crippen LogP contribution is 2.26. The van der Waals surface area contributed by atoms with Crippen molar-refractivity contribution in [2.45, 2.75) is 6.54 Å². The number of nitro benzene ring substituents is 1. The van der Waals surface area contributed by atoms with E-state index >= 15 is 0 Å². The molecule has 1 amide bonds. The summed E-state index contributed by atoms with van der Waals surface area (Å²) in [5.74, 6) is 0.849. The van der Waals surface area contributed by atoms with Gasteiger partial charge in [0.25, 0.3) is 11.6 Å². The first-order valence-corrected chi connectivity index (χ1v) is 10.2. The lowest BCUT2D eigenvalue weighted by atomic mass is 10.1. The Bertz CT molecular complexity index is 1560. The molecule has 0 bridgehead atoms. The van der Waals surface area contributed by atoms with Crippen LogP contribution in [0.1, 0.15) is 5.76 Å². The number of para-hydroxylation sites is 2. The number of nitrogen functional groups attached to an aromatic ring is 1. The number of non-ortho nitro benzene ring substituents is 1. The second kappa shape index (κ2) is 8.90. The average Bonchev–Trinajstić information content (AvgIpc) is 3.58. The maximum absolute atomic E-state index is 12.6. The number of fused-ring (bicyclic) bond motifs is 1. The van der Waals surface area contributed by atoms with Gasteiger partial charge < -0.3 is 14.7 Å². The van der Waals surface area contributed by atoms with Gasteiger partial charge >= 0.3 is 0 Å². The van der Waals surface area contributed by atoms with Crippen molar-refractivity contribution >= 4 is 34.7 Å². The summed E-state index contributed by atoms with van der Waals surface area (Å²) in [5.41, 5.74) is 10.5. The van der Waals surface area contributed by atoms with E-state index in [1.807, 2.05) is 18.2 Å². The summed E-state index contributed by atoms with van der Waals surface area (Å²) < 4.78 is 12.0. The molecule has 5 aromatic rings. The first kappa shape index (κ1) is 21.5. The van der Waals surface area contributed by atoms with E-state index < -0.39 is 10.8 Å². The first-order valence-electron chi connectivity index (χ1n) is 10.2. The molecule has 0 aliphatic heterocycles. The fourth-order valence-electron chi connectivity index (χ4n) is 3.44. The Balaban J connectivity index is 1.29. The van der Waals surface area contributed by atoms with Crippen molar-refractivity contribution in [2.75, 3.05) is 5.73 Å². The molecular weight excluding hydrogens is 456 g/mol. The number of nitro groups is 1. The third kappa shape index (κ3) is 4.32. The van der Waals surface area contributed by atoms with Gasteiger partial charge in [-0.3, -0.25) is 14.9 Å². The lowest BCUT2D eigenvalue weighted by molar-refractivity contribution is -0.384. The van der Waals surface area contributed by atoms with Gasteiger partial charge in [0, 0.05) is 17.7 Å². The number of carbonyl (C=O) groups is 1. The van der Waals surface area contributed by atoms with Crippen molar-refractivity contribution in [2.24, 2.45) is 5.10 Å². The maximum atomic E-state index is 12.6. The number of benzene rings is 2. The number of nitrogens with zero attached hydrogens (tertiary/aromatic N) is 6. The van der Waals surface area contributed by atoms with Crippen molar-refractivity contribution < 1.29 is 18.8 Å². The van der Waals surface area contributed by atoms with Crippen LogP contribution in [0.3, 0.4) is 0 Å². The summed E-state index contributed by atoms with van der Waals surface area (Å²) in [7, 11) is 0. The first-order chi connectivity index (χ1) is 17.0. The minimum absolute atomic E-state index is 0.0128. The molecule has 5 rings (SSSR count). The van der Waals surface area contributed by atoms with E-state index in [-0.39, 0.29) is 23.7 Å². The predicted molar refractivity (Wildman–Crippen MR) is 124 cm³/mol. The fourth-order valence-corrected chi connectivity index (χ4v) is 3.44. The van der Waals surface area contributed by atoms with E-state index in [1.54, 1.807) is 34.9 Å². The van der Waals surface area contributed by atoms with E-state index in [2.05, 4.69) is 30.5 Å². The number of rotatable bonds is 7. The Morgan fingerprint density at radius 3 is 2.69 bits per heavy atom. The number of anilines is 1. The number of hydrogen-bond acceptors (Lipinski definition) is 10. The molecule has 3 heterocycles. The molecule has 0 saturated carbocycles. The van der Waals surface area contributed by atoms with Crippen molar-refractivity contribution in [3.8, 4) is 22.8 Å². The van der Waals surface area contributed by atoms with Crippen LogP contribution >= 0.6 is 0 Å². The van der Waals surface area contributed by atoms with Gasteiger partial charge in [-0.25, -0.2) is 15.0 Å². The molecule has 0 aliphatic rings. The smallest absolute Gasteiger partial charge is 0.269 e. The van der Waals surface area contributed by atoms with Crippen molar-refractivity contribution in [3.05, 3.63) is 76.5 Å². The van der Waals surface area contributed by atoms with Crippen LogP contribution in [-0.2, 0) is 11.3 Å². The standard InChI is InChI=1S/C22H16N8O5/c23-21-20(27-35-28-21)22-25-16-3-1-2-4-17(16)29(22)12-19(31)26-24-11-15-9-10-18(34-15)13-5-7-14(8-6-13)30(32)33/h1-11H,12H2,(H2,23,28)(H,26,31)/b24-11+. The molecule has 3 aromatic heterocycles. The molecule has 13 heteroatoms. The predicted octanol–water partition coefficient (Wildman–Crippen LogP) is 2.99. The Kier molecular flexibility index (Phi) is 5.47. The highest BCUT2D eigenvalue weighted by molar-refractivity contribution is 5.86. The lowest BCUT2D eigenvalue weighted by Crippen LogP contribution is -2.23. The van der Waals surface area contributed by atoms with Crippen LogP contribution in [-0.4, -0.2) is 36.9 Å². The number of aromatic nitrogens is 4. The number of nitrogens with one attached hydrogen (secondary N) is 1. The second-order valence-corrected chi connectivity index (χ2v) is 7.31. The van der Waals surface area contributed by atoms with E-state index in [0.717, 1.165) is 0 Å². The van der Waals surface area contributed by atoms with Crippen LogP contribution in [0.4, 0.5) is 11.5 Å². The number of amides is 1. The number of furan rings is 1. The third-order valence-corrected chi connectivity index (χ3v) is 5.05. The Morgan fingerprint density at radius 2 is 1.94 bits per heavy atom. The quantitative estimate of drug-likeness (QED) is 0.204. The fraction of sp³-hybridized carbons (Fsp3) is 0.0455. The van der Waals surface area contributed by atoms with Gasteiger partial charge in [0.2, 0.25) is 0 Å². The average molecular weight is 472 g/mol. The number of hydrogen-bond donors (Lipinski definition) is 2. The van der Waals surface area contributed by atoms with Crippen LogP contribution in [0.15, 0.2) is 74.8 Å². The van der Waals surface area contributed by atoms with Gasteiger partial charge in [0.05, 0.1) is 22.2 Å². The summed E-state index contributed by atoms with van der Waals surface area (Å²) in [4.78, 5) is 27.4. The zero-order chi connectivity index (χ0) is 24.4. The summed E-state index contributed by atoms with van der Waals surface area (Å²) in [6.45, 7) is -0.119. The normalized spacial score (nSPS) is 11.3. The molecular formula is C22H16N8O5. The van der Waals surface area contributed by atoms with Crippen LogP contribution in [0.2, 0.25) is 0 Å². The molecule has 174 valence electrons. The molecule has 0 saturated heterocycles. The van der Waals surface area contributed by atoms with Gasteiger partial charge in [-0.05, 0) is 46.7 Å². The number of imidazole rings is 1. The van der Waals surface area contributed by atoms with Crippen LogP contribution < -0.4 is 11.2 Å². The molecule has 0 aliphatic carbocycles. The highest BCUT2D eigenvalue weighted by atomic mass is 16.6. The lowest BCUT2D eigenvalue weighted by Gasteiger charge is -2.06. The van der Waals surface area contributed by atoms with Gasteiger partial charge in [-0.15, -0.1) is 0 Å². The van der Waals surface area contributed by atoms with Gasteiger partial charge in [0.1, 0.15) is 18.1 Å². The van der Waals surface area contributed by atoms with E-state index in [0.29, 0.717) is 33.9 Å². The number of nitrogens with two attached hydrogens (primary N) is 1. The molecule has 2 aromatic carbocycles. The molecule has 0 spiro atoms. The molecule has 3 N–H and O–H groups in total. The van der Waals surface area contributed by atoms with Gasteiger partial charge in [0.15, 0.2) is 17.3 Å². The van der Waals surface area contributed by atoms with Crippen LogP contribution in [0.5, 0.6) is 0 Å². The van der Waals surface area contributed by atoms with E-state index in [4.69, 9.17) is 10.2 Å². The Morgan fingerprint density at radius 1 is 1.14 bits per heavy atom. The molecule has 13 nitrogen and oxygen atoms in total. The van der Waals surface area contributed by atoms with Crippen LogP contribution in [0.25, 0.3) is 33.9 Å². The minimum Gasteiger partial charge on any atom is -0.455 e. The molecule has 0 fully saturated rings. The summed E-state index contributed by atoms with van der Waals surface area (Å²) in [6.07, 6.45) is 1.35. The largest absolute Gasteiger partial charge is 0.455 e. The molecule has 0 radical (unpaired) electrons.